The standard InChI is InChI=1S/C59H79IN10O18/c60-44-16-11-38(12-17-44)30-46(63-48(72)33-67-21-23-68(34-51(75)76)25-27-70(36-53(79)80)28-26-69(24-22-67)35-52(77)78)57(84)62-32-39-8-14-42(15-9-39)55(82)64-47(31-40-10-13-41-5-1-2-6-43(41)29-40)56(83)61-20-4-3-7-49(88-37-71)66-59(87)65-45(18-19-50(73)74)54(81)58(85)86/h1-2,5-6,10-13,16-17,29,37,39,42,45-47,49H,3-4,7-9,14-15,18-28,30-36H2,(H,61,83)(H,62,84)(H,63,72)(H,64,82)(H,73,74)(H,75,76)(H,77,78)(H,79,80)(H,85,86)(H2,65,66,87)/t39?,42?,45-,46-,47-,49+/m0/s1. The SMILES string of the molecule is O=CO[C@H](CCCCNC(=O)[C@H](Cc1ccc2ccccc2c1)NC(=O)C1CCC(CNC(=O)[C@H](Cc2ccc(I)cc2)NC(=O)CN2CCN(CC(=O)O)CCN(CC(=O)O)CCN(CC(=O)O)CC2)CC1)NC(=O)N[C@@H](CCC(=O)O)C(=O)C(=O)O. The van der Waals surface area contributed by atoms with Crippen molar-refractivity contribution in [1.82, 2.24) is 51.5 Å². The quantitative estimate of drug-likeness (QED) is 0.0131. The van der Waals surface area contributed by atoms with Crippen molar-refractivity contribution in [2.24, 2.45) is 11.8 Å². The zero-order valence-corrected chi connectivity index (χ0v) is 50.9. The van der Waals surface area contributed by atoms with Gasteiger partial charge >= 0.3 is 35.9 Å². The largest absolute Gasteiger partial charge is 0.481 e. The van der Waals surface area contributed by atoms with Crippen LogP contribution in [-0.2, 0) is 70.3 Å². The summed E-state index contributed by atoms with van der Waals surface area (Å²) in [4.78, 5) is 156. The fourth-order valence-electron chi connectivity index (χ4n) is 10.5. The lowest BCUT2D eigenvalue weighted by Crippen LogP contribution is -2.53. The monoisotopic (exact) mass is 1340 g/mol. The van der Waals surface area contributed by atoms with E-state index in [9.17, 15) is 72.9 Å². The number of carbonyl (C=O) groups excluding carboxylic acids is 7. The van der Waals surface area contributed by atoms with Crippen molar-refractivity contribution in [2.75, 3.05) is 91.6 Å². The molecule has 11 N–H and O–H groups in total. The number of benzene rings is 3. The average molecular weight is 1340 g/mol. The molecule has 88 heavy (non-hydrogen) atoms. The Morgan fingerprint density at radius 1 is 0.557 bits per heavy atom. The van der Waals surface area contributed by atoms with Crippen LogP contribution in [0, 0.1) is 15.4 Å². The summed E-state index contributed by atoms with van der Waals surface area (Å²) in [6.07, 6.45) is 0.620. The number of carboxylic acid groups (broad SMARTS) is 5. The number of carboxylic acids is 5. The van der Waals surface area contributed by atoms with E-state index in [1.165, 1.54) is 0 Å². The molecule has 6 amide bonds. The maximum atomic E-state index is 14.1. The Kier molecular flexibility index (Phi) is 29.9. The van der Waals surface area contributed by atoms with Crippen molar-refractivity contribution in [3.05, 3.63) is 81.4 Å². The summed E-state index contributed by atoms with van der Waals surface area (Å²) in [5, 5.41) is 65.1. The molecule has 1 saturated carbocycles. The Morgan fingerprint density at radius 3 is 1.62 bits per heavy atom. The lowest BCUT2D eigenvalue weighted by atomic mass is 9.81. The van der Waals surface area contributed by atoms with E-state index in [1.54, 1.807) is 19.6 Å². The first-order chi connectivity index (χ1) is 42.0. The van der Waals surface area contributed by atoms with Gasteiger partial charge in [-0.15, -0.1) is 0 Å². The molecule has 29 heteroatoms. The van der Waals surface area contributed by atoms with Gasteiger partial charge in [0.2, 0.25) is 23.6 Å². The molecule has 0 aromatic heterocycles. The van der Waals surface area contributed by atoms with Crippen LogP contribution in [0.15, 0.2) is 66.7 Å². The number of amides is 6. The number of unbranched alkanes of at least 4 members (excludes halogenated alkanes) is 1. The predicted molar refractivity (Wildman–Crippen MR) is 324 cm³/mol. The second-order valence-corrected chi connectivity index (χ2v) is 23.2. The molecule has 0 radical (unpaired) electrons. The molecular weight excluding hydrogens is 1260 g/mol. The third-order valence-electron chi connectivity index (χ3n) is 15.2. The topological polar surface area (TPSA) is 400 Å². The highest BCUT2D eigenvalue weighted by molar-refractivity contribution is 14.1. The van der Waals surface area contributed by atoms with Crippen LogP contribution in [0.25, 0.3) is 10.8 Å². The van der Waals surface area contributed by atoms with Gasteiger partial charge in [0.25, 0.3) is 12.3 Å². The summed E-state index contributed by atoms with van der Waals surface area (Å²) in [7, 11) is 0. The second-order valence-electron chi connectivity index (χ2n) is 21.9. The number of nitrogens with one attached hydrogen (secondary N) is 6. The van der Waals surface area contributed by atoms with Gasteiger partial charge in [0.1, 0.15) is 18.1 Å². The molecule has 0 unspecified atom stereocenters. The highest BCUT2D eigenvalue weighted by atomic mass is 127. The number of ketones is 1. The summed E-state index contributed by atoms with van der Waals surface area (Å²) in [6, 6.07) is 16.2. The molecular formula is C59H79IN10O18. The molecule has 0 spiro atoms. The maximum Gasteiger partial charge on any atom is 0.374 e. The first-order valence-electron chi connectivity index (χ1n) is 29.1. The van der Waals surface area contributed by atoms with Crippen LogP contribution in [-0.4, -0.2) is 233 Å². The highest BCUT2D eigenvalue weighted by Crippen LogP contribution is 2.29. The Bertz CT molecular complexity index is 2860. The number of ether oxygens (including phenoxy) is 1. The number of Topliss-reactive ketones (excluding diaryl/α,β-unsaturated/α-hetero) is 1. The van der Waals surface area contributed by atoms with Gasteiger partial charge in [-0.05, 0) is 107 Å². The first-order valence-corrected chi connectivity index (χ1v) is 30.2. The molecule has 1 aliphatic heterocycles. The van der Waals surface area contributed by atoms with E-state index in [0.717, 1.165) is 25.5 Å². The van der Waals surface area contributed by atoms with Crippen LogP contribution < -0.4 is 31.9 Å². The summed E-state index contributed by atoms with van der Waals surface area (Å²) >= 11 is 2.17. The van der Waals surface area contributed by atoms with E-state index in [0.29, 0.717) is 32.1 Å². The fraction of sp³-hybridized carbons (Fsp3) is 0.525. The smallest absolute Gasteiger partial charge is 0.374 e. The van der Waals surface area contributed by atoms with Gasteiger partial charge in [0.05, 0.1) is 26.2 Å². The lowest BCUT2D eigenvalue weighted by Gasteiger charge is -2.33. The van der Waals surface area contributed by atoms with Gasteiger partial charge in [0, 0.05) is 101 Å². The predicted octanol–water partition coefficient (Wildman–Crippen LogP) is 0.569. The second kappa shape index (κ2) is 37.1. The van der Waals surface area contributed by atoms with Crippen molar-refractivity contribution in [1.29, 1.82) is 0 Å². The number of rotatable bonds is 33. The zero-order chi connectivity index (χ0) is 64.1. The van der Waals surface area contributed by atoms with Crippen molar-refractivity contribution in [3.63, 3.8) is 0 Å². The average Bonchev–Trinajstić information content (AvgIpc) is 2.18. The Balaban J connectivity index is 1.18. The van der Waals surface area contributed by atoms with Gasteiger partial charge in [-0.2, -0.15) is 0 Å². The van der Waals surface area contributed by atoms with Crippen LogP contribution in [0.1, 0.15) is 68.9 Å². The molecule has 2 aliphatic rings. The summed E-state index contributed by atoms with van der Waals surface area (Å²) in [5.41, 5.74) is 1.58. The number of urea groups is 1. The molecule has 2 fully saturated rings. The molecule has 4 atom stereocenters. The highest BCUT2D eigenvalue weighted by Gasteiger charge is 2.32. The minimum Gasteiger partial charge on any atom is -0.481 e. The molecule has 28 nitrogen and oxygen atoms in total. The zero-order valence-electron chi connectivity index (χ0n) is 48.8. The maximum absolute atomic E-state index is 14.1. The van der Waals surface area contributed by atoms with Crippen LogP contribution >= 0.6 is 22.6 Å². The van der Waals surface area contributed by atoms with Crippen molar-refractivity contribution in [3.8, 4) is 0 Å². The first kappa shape index (κ1) is 70.9. The third kappa shape index (κ3) is 26.2. The number of aliphatic carboxylic acids is 5. The van der Waals surface area contributed by atoms with Crippen LogP contribution in [0.5, 0.6) is 0 Å². The molecule has 5 rings (SSSR count). The van der Waals surface area contributed by atoms with E-state index < -0.39 is 102 Å². The number of halogens is 1. The molecule has 480 valence electrons. The lowest BCUT2D eigenvalue weighted by molar-refractivity contribution is -0.150. The van der Waals surface area contributed by atoms with E-state index in [4.69, 9.17) is 14.9 Å². The minimum absolute atomic E-state index is 0.0247. The fourth-order valence-corrected chi connectivity index (χ4v) is 10.8. The number of carbonyl (C=O) groups is 12. The molecule has 1 aliphatic carbocycles. The van der Waals surface area contributed by atoms with E-state index in [2.05, 4.69) is 54.5 Å². The third-order valence-corrected chi connectivity index (χ3v) is 16.0. The number of fused-ring (bicyclic) bond motifs is 1. The van der Waals surface area contributed by atoms with Crippen LogP contribution in [0.3, 0.4) is 0 Å². The van der Waals surface area contributed by atoms with Crippen LogP contribution in [0.2, 0.25) is 0 Å². The van der Waals surface area contributed by atoms with E-state index >= 15 is 0 Å². The van der Waals surface area contributed by atoms with Gasteiger partial charge in [0.15, 0.2) is 6.23 Å². The van der Waals surface area contributed by atoms with Gasteiger partial charge in [-0.3, -0.25) is 67.5 Å². The molecule has 3 aromatic rings. The van der Waals surface area contributed by atoms with Gasteiger partial charge < -0.3 is 62.2 Å². The summed E-state index contributed by atoms with van der Waals surface area (Å²) in [5.74, 6) is -10.1. The van der Waals surface area contributed by atoms with Gasteiger partial charge in [-0.25, -0.2) is 9.59 Å². The normalized spacial score (nSPS) is 17.8. The minimum atomic E-state index is -1.88. The molecule has 3 aromatic carbocycles. The van der Waals surface area contributed by atoms with Crippen molar-refractivity contribution < 1.29 is 87.8 Å². The molecule has 1 heterocycles. The van der Waals surface area contributed by atoms with E-state index in [-0.39, 0.29) is 136 Å². The Labute approximate surface area is 521 Å². The molecule has 0 bridgehead atoms. The number of hydrogen-bond acceptors (Lipinski definition) is 17. The van der Waals surface area contributed by atoms with Crippen molar-refractivity contribution in [2.45, 2.75) is 95.0 Å². The molecule has 1 saturated heterocycles. The van der Waals surface area contributed by atoms with Gasteiger partial charge in [-0.1, -0.05) is 54.6 Å². The summed E-state index contributed by atoms with van der Waals surface area (Å²) in [6.45, 7) is 0.915. The van der Waals surface area contributed by atoms with Crippen LogP contribution in [0.4, 0.5) is 4.79 Å². The number of nitrogens with zero attached hydrogens (tertiary/aromatic N) is 4. The van der Waals surface area contributed by atoms with Crippen molar-refractivity contribution >= 4 is 105 Å². The number of hydrogen-bond donors (Lipinski definition) is 11. The Hall–Kier alpha value is -7.87. The van der Waals surface area contributed by atoms with E-state index in [1.807, 2.05) is 66.7 Å². The summed E-state index contributed by atoms with van der Waals surface area (Å²) < 4.78 is 5.92. The Morgan fingerprint density at radius 2 is 1.08 bits per heavy atom.